The molecule has 118 valence electrons. The topological polar surface area (TPSA) is 63.4 Å². The van der Waals surface area contributed by atoms with E-state index in [4.69, 9.17) is 5.73 Å². The first-order valence-corrected chi connectivity index (χ1v) is 9.27. The number of nitrogens with two attached hydrogens (primary N) is 1. The van der Waals surface area contributed by atoms with Crippen LogP contribution in [0.1, 0.15) is 43.7 Å². The molecule has 2 atom stereocenters. The quantitative estimate of drug-likeness (QED) is 0.909. The predicted octanol–water partition coefficient (Wildman–Crippen LogP) is 2.49. The first-order valence-electron chi connectivity index (χ1n) is 7.66. The van der Waals surface area contributed by atoms with Crippen LogP contribution < -0.4 is 5.73 Å². The van der Waals surface area contributed by atoms with Crippen LogP contribution in [0.2, 0.25) is 0 Å². The largest absolute Gasteiger partial charge is 0.326 e. The van der Waals surface area contributed by atoms with Crippen molar-refractivity contribution in [3.63, 3.8) is 0 Å². The van der Waals surface area contributed by atoms with E-state index in [0.29, 0.717) is 12.5 Å². The zero-order valence-electron chi connectivity index (χ0n) is 13.0. The van der Waals surface area contributed by atoms with Crippen molar-refractivity contribution < 1.29 is 8.42 Å². The third-order valence-electron chi connectivity index (χ3n) is 4.54. The smallest absolute Gasteiger partial charge is 0.218 e. The van der Waals surface area contributed by atoms with Gasteiger partial charge in [-0.1, -0.05) is 44.0 Å². The second kappa shape index (κ2) is 6.90. The van der Waals surface area contributed by atoms with E-state index in [1.165, 1.54) is 6.42 Å². The maximum atomic E-state index is 12.7. The zero-order valence-corrected chi connectivity index (χ0v) is 13.8. The molecule has 0 amide bonds. The Labute approximate surface area is 128 Å². The van der Waals surface area contributed by atoms with E-state index < -0.39 is 10.0 Å². The minimum absolute atomic E-state index is 0.0434. The summed E-state index contributed by atoms with van der Waals surface area (Å²) in [6.07, 6.45) is 4.26. The highest BCUT2D eigenvalue weighted by Gasteiger charge is 2.30. The molecule has 0 radical (unpaired) electrons. The van der Waals surface area contributed by atoms with Crippen LogP contribution >= 0.6 is 0 Å². The van der Waals surface area contributed by atoms with Gasteiger partial charge in [0.15, 0.2) is 0 Å². The minimum Gasteiger partial charge on any atom is -0.326 e. The summed E-state index contributed by atoms with van der Waals surface area (Å²) in [5.41, 5.74) is 7.42. The third kappa shape index (κ3) is 4.05. The summed E-state index contributed by atoms with van der Waals surface area (Å²) in [6, 6.07) is 7.66. The van der Waals surface area contributed by atoms with Gasteiger partial charge in [-0.15, -0.1) is 0 Å². The molecule has 2 N–H and O–H groups in total. The molecule has 2 rings (SSSR count). The lowest BCUT2D eigenvalue weighted by Crippen LogP contribution is -2.40. The fourth-order valence-electron chi connectivity index (χ4n) is 3.16. The lowest BCUT2D eigenvalue weighted by Gasteiger charge is -2.33. The highest BCUT2D eigenvalue weighted by Crippen LogP contribution is 2.29. The van der Waals surface area contributed by atoms with E-state index in [1.54, 1.807) is 11.4 Å². The van der Waals surface area contributed by atoms with Gasteiger partial charge < -0.3 is 5.73 Å². The Hall–Kier alpha value is -0.910. The first-order chi connectivity index (χ1) is 9.94. The zero-order chi connectivity index (χ0) is 15.5. The Bertz CT molecular complexity index is 571. The lowest BCUT2D eigenvalue weighted by molar-refractivity contribution is 0.239. The maximum absolute atomic E-state index is 12.7. The van der Waals surface area contributed by atoms with Crippen LogP contribution in [-0.4, -0.2) is 25.8 Å². The molecule has 1 aliphatic carbocycles. The Morgan fingerprint density at radius 2 is 1.90 bits per heavy atom. The van der Waals surface area contributed by atoms with Crippen molar-refractivity contribution in [1.82, 2.24) is 4.31 Å². The third-order valence-corrected chi connectivity index (χ3v) is 6.39. The highest BCUT2D eigenvalue weighted by atomic mass is 32.2. The summed E-state index contributed by atoms with van der Waals surface area (Å²) >= 11 is 0. The molecule has 21 heavy (non-hydrogen) atoms. The normalized spacial score (nSPS) is 23.4. The van der Waals surface area contributed by atoms with Crippen molar-refractivity contribution in [1.29, 1.82) is 0 Å². The molecule has 0 aromatic heterocycles. The molecule has 1 aromatic rings. The van der Waals surface area contributed by atoms with Gasteiger partial charge in [0.2, 0.25) is 10.0 Å². The predicted molar refractivity (Wildman–Crippen MR) is 86.1 cm³/mol. The fourth-order valence-corrected chi connectivity index (χ4v) is 4.68. The van der Waals surface area contributed by atoms with Gasteiger partial charge in [0.1, 0.15) is 0 Å². The molecule has 5 heteroatoms. The first kappa shape index (κ1) is 16.5. The van der Waals surface area contributed by atoms with Gasteiger partial charge in [0, 0.05) is 19.6 Å². The molecule has 1 aromatic carbocycles. The molecule has 0 heterocycles. The van der Waals surface area contributed by atoms with Gasteiger partial charge in [-0.05, 0) is 29.9 Å². The summed E-state index contributed by atoms with van der Waals surface area (Å²) < 4.78 is 26.9. The fraction of sp³-hybridized carbons (Fsp3) is 0.625. The number of hydrogen-bond donors (Lipinski definition) is 1. The van der Waals surface area contributed by atoms with E-state index in [-0.39, 0.29) is 11.8 Å². The minimum atomic E-state index is -3.29. The van der Waals surface area contributed by atoms with Crippen molar-refractivity contribution in [3.05, 3.63) is 35.4 Å². The van der Waals surface area contributed by atoms with Crippen molar-refractivity contribution in [2.75, 3.05) is 7.05 Å². The van der Waals surface area contributed by atoms with Gasteiger partial charge in [-0.3, -0.25) is 0 Å². The summed E-state index contributed by atoms with van der Waals surface area (Å²) in [4.78, 5) is 0. The molecule has 2 unspecified atom stereocenters. The number of nitrogens with zero attached hydrogens (tertiary/aromatic N) is 1. The van der Waals surface area contributed by atoms with Crippen LogP contribution in [-0.2, 0) is 22.3 Å². The molecule has 1 aliphatic rings. The van der Waals surface area contributed by atoms with Crippen LogP contribution in [0.15, 0.2) is 24.3 Å². The second-order valence-electron chi connectivity index (χ2n) is 6.17. The van der Waals surface area contributed by atoms with Crippen LogP contribution in [0.3, 0.4) is 0 Å². The van der Waals surface area contributed by atoms with Crippen LogP contribution in [0.25, 0.3) is 0 Å². The number of rotatable bonds is 5. The molecule has 4 nitrogen and oxygen atoms in total. The molecular weight excluding hydrogens is 284 g/mol. The van der Waals surface area contributed by atoms with Gasteiger partial charge >= 0.3 is 0 Å². The molecule has 0 saturated heterocycles. The van der Waals surface area contributed by atoms with Crippen molar-refractivity contribution >= 4 is 10.0 Å². The standard InChI is InChI=1S/C16H26N2O2S/c1-13-6-5-9-16(10-13)18(2)21(19,20)12-15-8-4-3-7-14(15)11-17/h3-4,7-8,13,16H,5-6,9-12,17H2,1-2H3. The molecule has 0 spiro atoms. The average Bonchev–Trinajstić information content (AvgIpc) is 2.46. The lowest BCUT2D eigenvalue weighted by atomic mass is 9.87. The van der Waals surface area contributed by atoms with Gasteiger partial charge in [-0.25, -0.2) is 12.7 Å². The molecule has 0 aliphatic heterocycles. The van der Waals surface area contributed by atoms with Crippen molar-refractivity contribution in [2.24, 2.45) is 11.7 Å². The van der Waals surface area contributed by atoms with E-state index in [0.717, 1.165) is 30.4 Å². The number of benzene rings is 1. The Morgan fingerprint density at radius 1 is 1.24 bits per heavy atom. The highest BCUT2D eigenvalue weighted by molar-refractivity contribution is 7.88. The maximum Gasteiger partial charge on any atom is 0.218 e. The molecule has 0 bridgehead atoms. The summed E-state index contributed by atoms with van der Waals surface area (Å²) in [5, 5.41) is 0. The van der Waals surface area contributed by atoms with E-state index in [9.17, 15) is 8.42 Å². The summed E-state index contributed by atoms with van der Waals surface area (Å²) in [6.45, 7) is 2.58. The Morgan fingerprint density at radius 3 is 2.52 bits per heavy atom. The van der Waals surface area contributed by atoms with E-state index >= 15 is 0 Å². The van der Waals surface area contributed by atoms with Gasteiger partial charge in [-0.2, -0.15) is 0 Å². The average molecular weight is 310 g/mol. The Balaban J connectivity index is 2.13. The van der Waals surface area contributed by atoms with Crippen LogP contribution in [0.4, 0.5) is 0 Å². The van der Waals surface area contributed by atoms with Crippen molar-refractivity contribution in [3.8, 4) is 0 Å². The second-order valence-corrected chi connectivity index (χ2v) is 8.20. The molecule has 1 fully saturated rings. The molecular formula is C16H26N2O2S. The van der Waals surface area contributed by atoms with Gasteiger partial charge in [0.25, 0.3) is 0 Å². The van der Waals surface area contributed by atoms with Crippen LogP contribution in [0, 0.1) is 5.92 Å². The number of sulfonamides is 1. The SMILES string of the molecule is CC1CCCC(N(C)S(=O)(=O)Cc2ccccc2CN)C1. The summed E-state index contributed by atoms with van der Waals surface area (Å²) in [5.74, 6) is 0.652. The monoisotopic (exact) mass is 310 g/mol. The van der Waals surface area contributed by atoms with Gasteiger partial charge in [0.05, 0.1) is 5.75 Å². The number of hydrogen-bond acceptors (Lipinski definition) is 3. The molecule has 1 saturated carbocycles. The van der Waals surface area contributed by atoms with Crippen LogP contribution in [0.5, 0.6) is 0 Å². The van der Waals surface area contributed by atoms with Crippen molar-refractivity contribution in [2.45, 2.75) is 50.9 Å². The van der Waals surface area contributed by atoms with E-state index in [2.05, 4.69) is 6.92 Å². The van der Waals surface area contributed by atoms with E-state index in [1.807, 2.05) is 24.3 Å². The summed E-state index contributed by atoms with van der Waals surface area (Å²) in [7, 11) is -1.57. The Kier molecular flexibility index (Phi) is 5.41.